The van der Waals surface area contributed by atoms with Crippen molar-refractivity contribution in [1.29, 1.82) is 5.26 Å². The Kier molecular flexibility index (Phi) is 4.19. The Morgan fingerprint density at radius 3 is 2.63 bits per heavy atom. The number of nitrogens with zero attached hydrogens (tertiary/aromatic N) is 3. The molecule has 0 aliphatic carbocycles. The third kappa shape index (κ3) is 3.18. The molecule has 2 aromatic heterocycles. The van der Waals surface area contributed by atoms with Gasteiger partial charge in [-0.05, 0) is 41.5 Å². The SMILES string of the molecule is CC(Oc1nc(N)nc(-c2ccco2)c1C#N)c1ccc2ccccc2c1. The number of ether oxygens (including phenoxy) is 1. The number of hydrogen-bond acceptors (Lipinski definition) is 6. The lowest BCUT2D eigenvalue weighted by molar-refractivity contribution is 0.217. The molecule has 4 aromatic rings. The molecular weight excluding hydrogens is 340 g/mol. The number of nitriles is 1. The summed E-state index contributed by atoms with van der Waals surface area (Å²) in [6.45, 7) is 1.90. The molecule has 1 unspecified atom stereocenters. The van der Waals surface area contributed by atoms with E-state index in [1.165, 1.54) is 6.26 Å². The number of fused-ring (bicyclic) bond motifs is 1. The van der Waals surface area contributed by atoms with E-state index in [1.54, 1.807) is 12.1 Å². The van der Waals surface area contributed by atoms with Crippen LogP contribution in [0.15, 0.2) is 65.3 Å². The average molecular weight is 356 g/mol. The molecule has 0 saturated carbocycles. The molecule has 6 nitrogen and oxygen atoms in total. The van der Waals surface area contributed by atoms with Gasteiger partial charge in [-0.2, -0.15) is 10.2 Å². The first-order chi connectivity index (χ1) is 13.2. The first-order valence-corrected chi connectivity index (χ1v) is 8.42. The maximum Gasteiger partial charge on any atom is 0.238 e. The van der Waals surface area contributed by atoms with Gasteiger partial charge < -0.3 is 14.9 Å². The Bertz CT molecular complexity index is 1150. The third-order valence-corrected chi connectivity index (χ3v) is 4.29. The number of nitrogen functional groups attached to an aromatic ring is 1. The van der Waals surface area contributed by atoms with Gasteiger partial charge in [0.25, 0.3) is 0 Å². The fourth-order valence-electron chi connectivity index (χ4n) is 2.93. The van der Waals surface area contributed by atoms with Crippen molar-refractivity contribution in [3.63, 3.8) is 0 Å². The molecule has 0 saturated heterocycles. The summed E-state index contributed by atoms with van der Waals surface area (Å²) in [5.74, 6) is 0.585. The number of anilines is 1. The minimum absolute atomic E-state index is 0.0149. The van der Waals surface area contributed by atoms with Gasteiger partial charge in [0.2, 0.25) is 11.8 Å². The number of aromatic nitrogens is 2. The largest absolute Gasteiger partial charge is 0.469 e. The van der Waals surface area contributed by atoms with Crippen LogP contribution in [-0.4, -0.2) is 9.97 Å². The molecule has 132 valence electrons. The minimum atomic E-state index is -0.333. The fourth-order valence-corrected chi connectivity index (χ4v) is 2.93. The molecule has 2 N–H and O–H groups in total. The zero-order valence-electron chi connectivity index (χ0n) is 14.6. The van der Waals surface area contributed by atoms with Crippen molar-refractivity contribution in [2.45, 2.75) is 13.0 Å². The Morgan fingerprint density at radius 1 is 1.07 bits per heavy atom. The second-order valence-corrected chi connectivity index (χ2v) is 6.07. The molecule has 0 aliphatic rings. The van der Waals surface area contributed by atoms with Gasteiger partial charge in [0, 0.05) is 0 Å². The predicted molar refractivity (Wildman–Crippen MR) is 102 cm³/mol. The average Bonchev–Trinajstić information content (AvgIpc) is 3.22. The van der Waals surface area contributed by atoms with Gasteiger partial charge in [-0.25, -0.2) is 4.98 Å². The van der Waals surface area contributed by atoms with Crippen LogP contribution in [-0.2, 0) is 0 Å². The quantitative estimate of drug-likeness (QED) is 0.579. The molecule has 0 bridgehead atoms. The topological polar surface area (TPSA) is 98.0 Å². The van der Waals surface area contributed by atoms with Crippen LogP contribution in [0.5, 0.6) is 5.88 Å². The summed E-state index contributed by atoms with van der Waals surface area (Å²) < 4.78 is 11.4. The Labute approximate surface area is 155 Å². The van der Waals surface area contributed by atoms with Crippen LogP contribution >= 0.6 is 0 Å². The predicted octanol–water partition coefficient (Wildman–Crippen LogP) is 4.48. The summed E-state index contributed by atoms with van der Waals surface area (Å²) in [5, 5.41) is 11.9. The molecule has 0 radical (unpaired) electrons. The normalized spacial score (nSPS) is 11.9. The van der Waals surface area contributed by atoms with E-state index < -0.39 is 0 Å². The number of hydrogen-bond donors (Lipinski definition) is 1. The number of rotatable bonds is 4. The van der Waals surface area contributed by atoms with Gasteiger partial charge in [0.1, 0.15) is 23.4 Å². The van der Waals surface area contributed by atoms with Gasteiger partial charge in [-0.15, -0.1) is 0 Å². The monoisotopic (exact) mass is 356 g/mol. The van der Waals surface area contributed by atoms with E-state index in [9.17, 15) is 5.26 Å². The maximum absolute atomic E-state index is 9.62. The smallest absolute Gasteiger partial charge is 0.238 e. The van der Waals surface area contributed by atoms with Crippen LogP contribution in [0.4, 0.5) is 5.95 Å². The second kappa shape index (κ2) is 6.81. The lowest BCUT2D eigenvalue weighted by Crippen LogP contribution is -2.09. The number of benzene rings is 2. The van der Waals surface area contributed by atoms with Gasteiger partial charge in [0.05, 0.1) is 6.26 Å². The summed E-state index contributed by atoms with van der Waals surface area (Å²) in [7, 11) is 0. The zero-order chi connectivity index (χ0) is 18.8. The highest BCUT2D eigenvalue weighted by Crippen LogP contribution is 2.31. The molecule has 0 fully saturated rings. The summed E-state index contributed by atoms with van der Waals surface area (Å²) in [5.41, 5.74) is 7.29. The molecular formula is C21H16N4O2. The van der Waals surface area contributed by atoms with Crippen LogP contribution in [0.25, 0.3) is 22.2 Å². The zero-order valence-corrected chi connectivity index (χ0v) is 14.6. The van der Waals surface area contributed by atoms with Crippen molar-refractivity contribution >= 4 is 16.7 Å². The van der Waals surface area contributed by atoms with Crippen molar-refractivity contribution in [3.05, 3.63) is 72.0 Å². The van der Waals surface area contributed by atoms with Gasteiger partial charge in [-0.3, -0.25) is 0 Å². The summed E-state index contributed by atoms with van der Waals surface area (Å²) in [6.07, 6.45) is 1.17. The van der Waals surface area contributed by atoms with E-state index >= 15 is 0 Å². The van der Waals surface area contributed by atoms with Gasteiger partial charge in [-0.1, -0.05) is 36.4 Å². The van der Waals surface area contributed by atoms with Gasteiger partial charge in [0.15, 0.2) is 5.76 Å². The summed E-state index contributed by atoms with van der Waals surface area (Å²) in [4.78, 5) is 8.26. The summed E-state index contributed by atoms with van der Waals surface area (Å²) in [6, 6.07) is 19.7. The standard InChI is InChI=1S/C21H16N4O2/c1-13(15-9-8-14-5-2-3-6-16(14)11-15)27-20-17(12-22)19(24-21(23)25-20)18-7-4-10-26-18/h2-11,13H,1H3,(H2,23,24,25). The molecule has 0 aliphatic heterocycles. The fraction of sp³-hybridized carbons (Fsp3) is 0.0952. The highest BCUT2D eigenvalue weighted by molar-refractivity contribution is 5.83. The molecule has 6 heteroatoms. The molecule has 2 heterocycles. The third-order valence-electron chi connectivity index (χ3n) is 4.29. The summed E-state index contributed by atoms with van der Waals surface area (Å²) >= 11 is 0. The van der Waals surface area contributed by atoms with E-state index in [1.807, 2.05) is 37.3 Å². The maximum atomic E-state index is 9.62. The van der Waals surface area contributed by atoms with E-state index in [2.05, 4.69) is 28.2 Å². The molecule has 27 heavy (non-hydrogen) atoms. The highest BCUT2D eigenvalue weighted by Gasteiger charge is 2.20. The molecule has 0 spiro atoms. The van der Waals surface area contributed by atoms with Crippen molar-refractivity contribution in [1.82, 2.24) is 9.97 Å². The second-order valence-electron chi connectivity index (χ2n) is 6.07. The van der Waals surface area contributed by atoms with Crippen LogP contribution < -0.4 is 10.5 Å². The van der Waals surface area contributed by atoms with Crippen molar-refractivity contribution < 1.29 is 9.15 Å². The van der Waals surface area contributed by atoms with Crippen molar-refractivity contribution in [2.75, 3.05) is 5.73 Å². The van der Waals surface area contributed by atoms with Crippen LogP contribution in [0, 0.1) is 11.3 Å². The van der Waals surface area contributed by atoms with Crippen molar-refractivity contribution in [2.24, 2.45) is 0 Å². The van der Waals surface area contributed by atoms with E-state index in [0.717, 1.165) is 16.3 Å². The Morgan fingerprint density at radius 2 is 1.89 bits per heavy atom. The van der Waals surface area contributed by atoms with E-state index in [4.69, 9.17) is 14.9 Å². The van der Waals surface area contributed by atoms with E-state index in [-0.39, 0.29) is 23.5 Å². The molecule has 4 rings (SSSR count). The Balaban J connectivity index is 1.72. The number of furan rings is 1. The first-order valence-electron chi connectivity index (χ1n) is 8.42. The van der Waals surface area contributed by atoms with Crippen LogP contribution in [0.1, 0.15) is 24.2 Å². The lowest BCUT2D eigenvalue weighted by Gasteiger charge is -2.16. The molecule has 2 aromatic carbocycles. The number of nitrogens with two attached hydrogens (primary N) is 1. The van der Waals surface area contributed by atoms with Crippen LogP contribution in [0.2, 0.25) is 0 Å². The first kappa shape index (κ1) is 16.6. The minimum Gasteiger partial charge on any atom is -0.469 e. The van der Waals surface area contributed by atoms with Crippen molar-refractivity contribution in [3.8, 4) is 23.4 Å². The molecule has 0 amide bonds. The Hall–Kier alpha value is -3.85. The van der Waals surface area contributed by atoms with Gasteiger partial charge >= 0.3 is 0 Å². The lowest BCUT2D eigenvalue weighted by atomic mass is 10.0. The highest BCUT2D eigenvalue weighted by atomic mass is 16.5. The van der Waals surface area contributed by atoms with Crippen LogP contribution in [0.3, 0.4) is 0 Å². The molecule has 1 atom stereocenters. The van der Waals surface area contributed by atoms with E-state index in [0.29, 0.717) is 11.5 Å².